The van der Waals surface area contributed by atoms with E-state index in [4.69, 9.17) is 4.74 Å². The van der Waals surface area contributed by atoms with Gasteiger partial charge < -0.3 is 10.1 Å². The second kappa shape index (κ2) is 6.73. The third-order valence-corrected chi connectivity index (χ3v) is 4.61. The minimum absolute atomic E-state index is 0.0467. The first kappa shape index (κ1) is 15.5. The summed E-state index contributed by atoms with van der Waals surface area (Å²) >= 11 is 0. The predicted octanol–water partition coefficient (Wildman–Crippen LogP) is 4.24. The van der Waals surface area contributed by atoms with Crippen molar-refractivity contribution >= 4 is 0 Å². The summed E-state index contributed by atoms with van der Waals surface area (Å²) < 4.78 is 6.33. The highest BCUT2D eigenvalue weighted by molar-refractivity contribution is 5.27. The molecule has 1 fully saturated rings. The van der Waals surface area contributed by atoms with Gasteiger partial charge in [-0.2, -0.15) is 0 Å². The zero-order valence-corrected chi connectivity index (χ0v) is 13.4. The molecule has 1 aliphatic carbocycles. The predicted molar refractivity (Wildman–Crippen MR) is 85.0 cm³/mol. The fourth-order valence-electron chi connectivity index (χ4n) is 3.89. The lowest BCUT2D eigenvalue weighted by atomic mass is 9.72. The standard InChI is InChI=1S/C18H29NO/c1-5-20-18(11-7-9-15(3)13-18)17(19-4)16-10-6-8-14(2)12-16/h6,8,10,12,15,17,19H,5,7,9,11,13H2,1-4H3. The maximum absolute atomic E-state index is 6.33. The molecular weight excluding hydrogens is 246 g/mol. The summed E-state index contributed by atoms with van der Waals surface area (Å²) in [7, 11) is 2.06. The largest absolute Gasteiger partial charge is 0.373 e. The van der Waals surface area contributed by atoms with E-state index in [1.54, 1.807) is 0 Å². The minimum atomic E-state index is -0.0467. The van der Waals surface area contributed by atoms with Crippen molar-refractivity contribution in [3.63, 3.8) is 0 Å². The summed E-state index contributed by atoms with van der Waals surface area (Å²) in [6.45, 7) is 7.42. The van der Waals surface area contributed by atoms with Crippen LogP contribution in [0, 0.1) is 12.8 Å². The van der Waals surface area contributed by atoms with E-state index in [1.165, 1.54) is 24.0 Å². The van der Waals surface area contributed by atoms with Crippen LogP contribution in [0.1, 0.15) is 56.7 Å². The molecule has 3 atom stereocenters. The monoisotopic (exact) mass is 275 g/mol. The summed E-state index contributed by atoms with van der Waals surface area (Å²) in [4.78, 5) is 0. The smallest absolute Gasteiger partial charge is 0.0878 e. The average molecular weight is 275 g/mol. The zero-order valence-electron chi connectivity index (χ0n) is 13.4. The molecule has 112 valence electrons. The number of hydrogen-bond acceptors (Lipinski definition) is 2. The van der Waals surface area contributed by atoms with E-state index in [2.05, 4.69) is 57.4 Å². The molecule has 0 spiro atoms. The minimum Gasteiger partial charge on any atom is -0.373 e. The van der Waals surface area contributed by atoms with Gasteiger partial charge in [0.15, 0.2) is 0 Å². The lowest BCUT2D eigenvalue weighted by Gasteiger charge is -2.45. The molecule has 1 N–H and O–H groups in total. The molecular formula is C18H29NO. The molecule has 0 aliphatic heterocycles. The molecule has 0 radical (unpaired) electrons. The van der Waals surface area contributed by atoms with Gasteiger partial charge in [-0.25, -0.2) is 0 Å². The van der Waals surface area contributed by atoms with Crippen LogP contribution in [0.3, 0.4) is 0 Å². The van der Waals surface area contributed by atoms with Crippen LogP contribution in [-0.4, -0.2) is 19.3 Å². The molecule has 1 aliphatic rings. The Bertz CT molecular complexity index is 427. The van der Waals surface area contributed by atoms with Crippen LogP contribution in [0.15, 0.2) is 24.3 Å². The zero-order chi connectivity index (χ0) is 14.6. The van der Waals surface area contributed by atoms with Crippen molar-refractivity contribution in [1.82, 2.24) is 5.32 Å². The first-order chi connectivity index (χ1) is 9.61. The molecule has 1 saturated carbocycles. The molecule has 20 heavy (non-hydrogen) atoms. The number of benzene rings is 1. The van der Waals surface area contributed by atoms with Crippen LogP contribution >= 0.6 is 0 Å². The quantitative estimate of drug-likeness (QED) is 0.868. The van der Waals surface area contributed by atoms with Gasteiger partial charge in [0.2, 0.25) is 0 Å². The molecule has 1 aromatic carbocycles. The van der Waals surface area contributed by atoms with E-state index in [0.29, 0.717) is 0 Å². The first-order valence-corrected chi connectivity index (χ1v) is 7.99. The normalized spacial score (nSPS) is 28.3. The summed E-state index contributed by atoms with van der Waals surface area (Å²) in [5.74, 6) is 0.746. The van der Waals surface area contributed by atoms with E-state index < -0.39 is 0 Å². The molecule has 0 bridgehead atoms. The average Bonchev–Trinajstić information content (AvgIpc) is 2.39. The van der Waals surface area contributed by atoms with Crippen LogP contribution in [0.25, 0.3) is 0 Å². The highest BCUT2D eigenvalue weighted by atomic mass is 16.5. The number of ether oxygens (including phenoxy) is 1. The van der Waals surface area contributed by atoms with Crippen LogP contribution in [-0.2, 0) is 4.74 Å². The lowest BCUT2D eigenvalue weighted by molar-refractivity contribution is -0.100. The van der Waals surface area contributed by atoms with Gasteiger partial charge in [-0.3, -0.25) is 0 Å². The molecule has 0 heterocycles. The third kappa shape index (κ3) is 3.24. The Morgan fingerprint density at radius 3 is 2.85 bits per heavy atom. The van der Waals surface area contributed by atoms with Gasteiger partial charge >= 0.3 is 0 Å². The van der Waals surface area contributed by atoms with Gasteiger partial charge in [0.25, 0.3) is 0 Å². The van der Waals surface area contributed by atoms with E-state index >= 15 is 0 Å². The van der Waals surface area contributed by atoms with Gasteiger partial charge in [0.05, 0.1) is 11.6 Å². The molecule has 1 aromatic rings. The lowest BCUT2D eigenvalue weighted by Crippen LogP contribution is -2.48. The Morgan fingerprint density at radius 1 is 1.45 bits per heavy atom. The maximum Gasteiger partial charge on any atom is 0.0878 e. The van der Waals surface area contributed by atoms with Gasteiger partial charge in [-0.1, -0.05) is 49.6 Å². The molecule has 0 saturated heterocycles. The summed E-state index contributed by atoms with van der Waals surface area (Å²) in [5.41, 5.74) is 2.63. The highest BCUT2D eigenvalue weighted by Crippen LogP contribution is 2.43. The van der Waals surface area contributed by atoms with Gasteiger partial charge in [0.1, 0.15) is 0 Å². The topological polar surface area (TPSA) is 21.3 Å². The summed E-state index contributed by atoms with van der Waals surface area (Å²) in [6, 6.07) is 9.12. The fourth-order valence-corrected chi connectivity index (χ4v) is 3.89. The van der Waals surface area contributed by atoms with Crippen molar-refractivity contribution in [2.75, 3.05) is 13.7 Å². The van der Waals surface area contributed by atoms with Gasteiger partial charge in [-0.15, -0.1) is 0 Å². The fraction of sp³-hybridized carbons (Fsp3) is 0.667. The van der Waals surface area contributed by atoms with Crippen molar-refractivity contribution in [3.05, 3.63) is 35.4 Å². The Morgan fingerprint density at radius 2 is 2.25 bits per heavy atom. The number of nitrogens with one attached hydrogen (secondary N) is 1. The van der Waals surface area contributed by atoms with E-state index in [9.17, 15) is 0 Å². The Hall–Kier alpha value is -0.860. The molecule has 2 nitrogen and oxygen atoms in total. The van der Waals surface area contributed by atoms with Crippen molar-refractivity contribution < 1.29 is 4.74 Å². The van der Waals surface area contributed by atoms with Crippen LogP contribution in [0.5, 0.6) is 0 Å². The Balaban J connectivity index is 2.34. The second-order valence-corrected chi connectivity index (χ2v) is 6.34. The molecule has 3 unspecified atom stereocenters. The first-order valence-electron chi connectivity index (χ1n) is 7.99. The summed E-state index contributed by atoms with van der Waals surface area (Å²) in [5, 5.41) is 3.54. The van der Waals surface area contributed by atoms with Crippen molar-refractivity contribution in [1.29, 1.82) is 0 Å². The van der Waals surface area contributed by atoms with Gasteiger partial charge in [-0.05, 0) is 45.2 Å². The van der Waals surface area contributed by atoms with Crippen molar-refractivity contribution in [2.45, 2.75) is 58.1 Å². The molecule has 2 rings (SSSR count). The third-order valence-electron chi connectivity index (χ3n) is 4.61. The number of rotatable bonds is 5. The number of aryl methyl sites for hydroxylation is 1. The Labute approximate surface area is 123 Å². The van der Waals surface area contributed by atoms with E-state index in [1.807, 2.05) is 0 Å². The van der Waals surface area contributed by atoms with Crippen molar-refractivity contribution in [3.8, 4) is 0 Å². The second-order valence-electron chi connectivity index (χ2n) is 6.34. The molecule has 0 amide bonds. The maximum atomic E-state index is 6.33. The molecule has 2 heteroatoms. The van der Waals surface area contributed by atoms with Crippen LogP contribution < -0.4 is 5.32 Å². The highest BCUT2D eigenvalue weighted by Gasteiger charge is 2.42. The van der Waals surface area contributed by atoms with Crippen molar-refractivity contribution in [2.24, 2.45) is 5.92 Å². The SMILES string of the molecule is CCOC1(C(NC)c2cccc(C)c2)CCCC(C)C1. The van der Waals surface area contributed by atoms with E-state index in [-0.39, 0.29) is 11.6 Å². The summed E-state index contributed by atoms with van der Waals surface area (Å²) in [6.07, 6.45) is 4.91. The Kier molecular flexibility index (Phi) is 5.22. The van der Waals surface area contributed by atoms with Gasteiger partial charge in [0, 0.05) is 6.61 Å². The number of likely N-dealkylation sites (N-methyl/N-ethyl adjacent to an activating group) is 1. The molecule has 0 aromatic heterocycles. The van der Waals surface area contributed by atoms with Crippen LogP contribution in [0.2, 0.25) is 0 Å². The van der Waals surface area contributed by atoms with Crippen LogP contribution in [0.4, 0.5) is 0 Å². The van der Waals surface area contributed by atoms with E-state index in [0.717, 1.165) is 25.4 Å². The number of hydrogen-bond donors (Lipinski definition) is 1.